The second kappa shape index (κ2) is 13.7. The molecule has 6 nitrogen and oxygen atoms in total. The fraction of sp³-hybridized carbons (Fsp3) is 0.310. The van der Waals surface area contributed by atoms with Gasteiger partial charge in [0.25, 0.3) is 5.91 Å². The smallest absolute Gasteiger partial charge is 0.261 e. The van der Waals surface area contributed by atoms with Crippen molar-refractivity contribution in [3.8, 4) is 11.5 Å². The van der Waals surface area contributed by atoms with E-state index in [4.69, 9.17) is 9.47 Å². The van der Waals surface area contributed by atoms with Gasteiger partial charge < -0.3 is 19.7 Å². The molecule has 36 heavy (non-hydrogen) atoms. The molecule has 0 aliphatic heterocycles. The van der Waals surface area contributed by atoms with E-state index in [2.05, 4.69) is 21.2 Å². The lowest BCUT2D eigenvalue weighted by Gasteiger charge is -2.31. The second-order valence-corrected chi connectivity index (χ2v) is 9.42. The van der Waals surface area contributed by atoms with E-state index in [0.29, 0.717) is 24.5 Å². The summed E-state index contributed by atoms with van der Waals surface area (Å²) in [6.45, 7) is 4.56. The third kappa shape index (κ3) is 7.85. The molecular formula is C29H33BrN2O4. The fourth-order valence-electron chi connectivity index (χ4n) is 3.82. The lowest BCUT2D eigenvalue weighted by Crippen LogP contribution is -2.51. The van der Waals surface area contributed by atoms with Crippen molar-refractivity contribution >= 4 is 27.7 Å². The summed E-state index contributed by atoms with van der Waals surface area (Å²) in [4.78, 5) is 28.6. The Kier molecular flexibility index (Phi) is 10.4. The van der Waals surface area contributed by atoms with Gasteiger partial charge in [-0.15, -0.1) is 0 Å². The molecule has 3 aromatic rings. The van der Waals surface area contributed by atoms with Crippen LogP contribution in [0, 0.1) is 6.92 Å². The average molecular weight is 553 g/mol. The van der Waals surface area contributed by atoms with Crippen LogP contribution < -0.4 is 14.8 Å². The van der Waals surface area contributed by atoms with E-state index >= 15 is 0 Å². The van der Waals surface area contributed by atoms with E-state index in [0.717, 1.165) is 27.6 Å². The fourth-order valence-corrected chi connectivity index (χ4v) is 4.07. The highest BCUT2D eigenvalue weighted by atomic mass is 79.9. The van der Waals surface area contributed by atoms with Gasteiger partial charge in [0.1, 0.15) is 17.5 Å². The molecule has 190 valence electrons. The van der Waals surface area contributed by atoms with E-state index in [1.54, 1.807) is 12.0 Å². The molecule has 0 aliphatic carbocycles. The molecule has 0 fully saturated rings. The van der Waals surface area contributed by atoms with Crippen LogP contribution >= 0.6 is 15.9 Å². The molecule has 0 saturated carbocycles. The highest BCUT2D eigenvalue weighted by Gasteiger charge is 2.30. The van der Waals surface area contributed by atoms with Crippen LogP contribution in [0.15, 0.2) is 77.3 Å². The number of hydrogen-bond donors (Lipinski definition) is 1. The van der Waals surface area contributed by atoms with Gasteiger partial charge >= 0.3 is 0 Å². The van der Waals surface area contributed by atoms with E-state index in [-0.39, 0.29) is 25.0 Å². The Morgan fingerprint density at radius 1 is 0.972 bits per heavy atom. The molecule has 1 N–H and O–H groups in total. The lowest BCUT2D eigenvalue weighted by molar-refractivity contribution is -0.142. The minimum atomic E-state index is -0.701. The van der Waals surface area contributed by atoms with Crippen LogP contribution in [0.1, 0.15) is 30.0 Å². The van der Waals surface area contributed by atoms with Gasteiger partial charge in [0.2, 0.25) is 5.91 Å². The van der Waals surface area contributed by atoms with Crippen LogP contribution in [-0.4, -0.2) is 43.0 Å². The number of carbonyl (C=O) groups is 2. The Morgan fingerprint density at radius 3 is 2.42 bits per heavy atom. The number of halogens is 1. The van der Waals surface area contributed by atoms with E-state index in [9.17, 15) is 9.59 Å². The van der Waals surface area contributed by atoms with Crippen molar-refractivity contribution in [1.82, 2.24) is 10.2 Å². The zero-order chi connectivity index (χ0) is 25.9. The van der Waals surface area contributed by atoms with Gasteiger partial charge in [-0.25, -0.2) is 0 Å². The molecule has 3 rings (SSSR count). The van der Waals surface area contributed by atoms with Crippen molar-refractivity contribution in [3.05, 3.63) is 94.0 Å². The summed E-state index contributed by atoms with van der Waals surface area (Å²) in [5, 5.41) is 2.98. The summed E-state index contributed by atoms with van der Waals surface area (Å²) in [7, 11) is 1.60. The molecule has 0 aromatic heterocycles. The van der Waals surface area contributed by atoms with Crippen LogP contribution in [-0.2, 0) is 22.6 Å². The van der Waals surface area contributed by atoms with Gasteiger partial charge in [-0.1, -0.05) is 65.3 Å². The van der Waals surface area contributed by atoms with Crippen molar-refractivity contribution in [2.75, 3.05) is 20.3 Å². The second-order valence-electron chi connectivity index (χ2n) is 8.57. The number of rotatable bonds is 12. The molecule has 0 unspecified atom stereocenters. The molecule has 3 aromatic carbocycles. The monoisotopic (exact) mass is 552 g/mol. The lowest BCUT2D eigenvalue weighted by atomic mass is 10.0. The maximum absolute atomic E-state index is 13.6. The normalized spacial score (nSPS) is 11.4. The first kappa shape index (κ1) is 27.3. The first-order chi connectivity index (χ1) is 17.4. The first-order valence-electron chi connectivity index (χ1n) is 12.0. The zero-order valence-electron chi connectivity index (χ0n) is 21.0. The van der Waals surface area contributed by atoms with Crippen LogP contribution in [0.2, 0.25) is 0 Å². The van der Waals surface area contributed by atoms with Crippen molar-refractivity contribution in [1.29, 1.82) is 0 Å². The van der Waals surface area contributed by atoms with Gasteiger partial charge in [0, 0.05) is 24.0 Å². The minimum absolute atomic E-state index is 0.183. The predicted octanol–water partition coefficient (Wildman–Crippen LogP) is 5.31. The summed E-state index contributed by atoms with van der Waals surface area (Å²) < 4.78 is 12.2. The summed E-state index contributed by atoms with van der Waals surface area (Å²) in [5.74, 6) is 0.833. The minimum Gasteiger partial charge on any atom is -0.497 e. The van der Waals surface area contributed by atoms with Crippen LogP contribution in [0.4, 0.5) is 0 Å². The summed E-state index contributed by atoms with van der Waals surface area (Å²) in [6.07, 6.45) is 1.20. The molecule has 0 heterocycles. The standard InChI is InChI=1S/C29H33BrN2O4/c1-4-15-31-29(34)27(18-22-9-6-5-7-10-22)32(19-23-11-8-12-24(17-23)35-3)28(33)20-36-25-13-14-26(30)21(2)16-25/h5-14,16-17,27H,4,15,18-20H2,1-3H3,(H,31,34)/t27-/m1/s1. The Hall–Kier alpha value is -3.32. The third-order valence-electron chi connectivity index (χ3n) is 5.80. The van der Waals surface area contributed by atoms with Gasteiger partial charge in [-0.05, 0) is 60.4 Å². The predicted molar refractivity (Wildman–Crippen MR) is 145 cm³/mol. The molecule has 0 saturated heterocycles. The summed E-state index contributed by atoms with van der Waals surface area (Å²) in [5.41, 5.74) is 2.85. The Morgan fingerprint density at radius 2 is 1.72 bits per heavy atom. The van der Waals surface area contributed by atoms with E-state index in [1.165, 1.54) is 0 Å². The topological polar surface area (TPSA) is 67.9 Å². The van der Waals surface area contributed by atoms with Crippen molar-refractivity contribution in [3.63, 3.8) is 0 Å². The van der Waals surface area contributed by atoms with E-state index < -0.39 is 6.04 Å². The number of nitrogens with one attached hydrogen (secondary N) is 1. The van der Waals surface area contributed by atoms with Crippen LogP contribution in [0.3, 0.4) is 0 Å². The number of carbonyl (C=O) groups excluding carboxylic acids is 2. The van der Waals surface area contributed by atoms with Crippen LogP contribution in [0.25, 0.3) is 0 Å². The molecule has 0 bridgehead atoms. The molecule has 0 radical (unpaired) electrons. The highest BCUT2D eigenvalue weighted by Crippen LogP contribution is 2.22. The number of hydrogen-bond acceptors (Lipinski definition) is 4. The van der Waals surface area contributed by atoms with Gasteiger partial charge in [-0.3, -0.25) is 9.59 Å². The maximum Gasteiger partial charge on any atom is 0.261 e. The van der Waals surface area contributed by atoms with Crippen LogP contribution in [0.5, 0.6) is 11.5 Å². The van der Waals surface area contributed by atoms with Gasteiger partial charge in [0.05, 0.1) is 7.11 Å². The van der Waals surface area contributed by atoms with E-state index in [1.807, 2.05) is 86.6 Å². The van der Waals surface area contributed by atoms with Gasteiger partial charge in [0.15, 0.2) is 6.61 Å². The van der Waals surface area contributed by atoms with Gasteiger partial charge in [-0.2, -0.15) is 0 Å². The molecule has 0 aliphatic rings. The number of benzene rings is 3. The number of methoxy groups -OCH3 is 1. The molecular weight excluding hydrogens is 520 g/mol. The first-order valence-corrected chi connectivity index (χ1v) is 12.8. The third-order valence-corrected chi connectivity index (χ3v) is 6.69. The Labute approximate surface area is 221 Å². The molecule has 2 amide bonds. The Balaban J connectivity index is 1.90. The summed E-state index contributed by atoms with van der Waals surface area (Å²) >= 11 is 3.48. The number of amides is 2. The highest BCUT2D eigenvalue weighted by molar-refractivity contribution is 9.10. The summed E-state index contributed by atoms with van der Waals surface area (Å²) in [6, 6.07) is 22.1. The quantitative estimate of drug-likeness (QED) is 0.330. The van der Waals surface area contributed by atoms with Crippen molar-refractivity contribution < 1.29 is 19.1 Å². The molecule has 1 atom stereocenters. The SMILES string of the molecule is CCCNC(=O)[C@@H](Cc1ccccc1)N(Cc1cccc(OC)c1)C(=O)COc1ccc(Br)c(C)c1. The van der Waals surface area contributed by atoms with Crippen molar-refractivity contribution in [2.45, 2.75) is 39.3 Å². The maximum atomic E-state index is 13.6. The number of nitrogens with zero attached hydrogens (tertiary/aromatic N) is 1. The molecule has 7 heteroatoms. The Bertz CT molecular complexity index is 1150. The van der Waals surface area contributed by atoms with Crippen molar-refractivity contribution in [2.24, 2.45) is 0 Å². The number of aryl methyl sites for hydroxylation is 1. The largest absolute Gasteiger partial charge is 0.497 e. The molecule has 0 spiro atoms. The average Bonchev–Trinajstić information content (AvgIpc) is 2.90. The number of ether oxygens (including phenoxy) is 2. The zero-order valence-corrected chi connectivity index (χ0v) is 22.6.